The molecular formula is C10H16N2O. The van der Waals surface area contributed by atoms with Crippen LogP contribution in [-0.4, -0.2) is 9.97 Å². The van der Waals surface area contributed by atoms with E-state index in [1.165, 1.54) is 0 Å². The van der Waals surface area contributed by atoms with Crippen molar-refractivity contribution in [1.29, 1.82) is 0 Å². The molecule has 72 valence electrons. The number of nitrogens with one attached hydrogen (secondary N) is 1. The highest BCUT2D eigenvalue weighted by Crippen LogP contribution is 2.06. The summed E-state index contributed by atoms with van der Waals surface area (Å²) in [6, 6.07) is 0. The summed E-state index contributed by atoms with van der Waals surface area (Å²) in [6.45, 7) is 7.90. The summed E-state index contributed by atoms with van der Waals surface area (Å²) < 4.78 is 0. The Bertz CT molecular complexity index is 352. The van der Waals surface area contributed by atoms with Crippen molar-refractivity contribution in [3.8, 4) is 0 Å². The summed E-state index contributed by atoms with van der Waals surface area (Å²) >= 11 is 0. The maximum atomic E-state index is 11.3. The van der Waals surface area contributed by atoms with Gasteiger partial charge in [0.2, 0.25) is 0 Å². The van der Waals surface area contributed by atoms with Gasteiger partial charge < -0.3 is 4.98 Å². The second-order valence-electron chi connectivity index (χ2n) is 3.81. The van der Waals surface area contributed by atoms with E-state index in [-0.39, 0.29) is 5.56 Å². The van der Waals surface area contributed by atoms with Gasteiger partial charge in [0.1, 0.15) is 5.69 Å². The van der Waals surface area contributed by atoms with E-state index in [9.17, 15) is 4.79 Å². The van der Waals surface area contributed by atoms with Crippen LogP contribution in [0, 0.1) is 19.8 Å². The second-order valence-corrected chi connectivity index (χ2v) is 3.81. The van der Waals surface area contributed by atoms with Crippen molar-refractivity contribution in [3.05, 3.63) is 27.4 Å². The first kappa shape index (κ1) is 9.96. The quantitative estimate of drug-likeness (QED) is 0.751. The van der Waals surface area contributed by atoms with Crippen molar-refractivity contribution in [3.63, 3.8) is 0 Å². The van der Waals surface area contributed by atoms with E-state index in [0.717, 1.165) is 17.8 Å². The van der Waals surface area contributed by atoms with Crippen LogP contribution in [0.5, 0.6) is 0 Å². The number of H-pyrrole nitrogens is 1. The Hall–Kier alpha value is -1.12. The molecule has 0 aliphatic carbocycles. The Labute approximate surface area is 78.2 Å². The lowest BCUT2D eigenvalue weighted by atomic mass is 10.1. The van der Waals surface area contributed by atoms with Gasteiger partial charge in [0.15, 0.2) is 0 Å². The molecule has 1 heterocycles. The first-order valence-electron chi connectivity index (χ1n) is 4.57. The summed E-state index contributed by atoms with van der Waals surface area (Å²) in [7, 11) is 0. The standard InChI is InChI=1S/C10H16N2O/c1-6(2)5-9-7(3)11-8(4)10(13)12-9/h6H,5H2,1-4H3,(H,12,13). The van der Waals surface area contributed by atoms with Crippen molar-refractivity contribution in [1.82, 2.24) is 9.97 Å². The van der Waals surface area contributed by atoms with Crippen molar-refractivity contribution in [2.75, 3.05) is 0 Å². The Balaban J connectivity index is 3.09. The van der Waals surface area contributed by atoms with Gasteiger partial charge in [-0.1, -0.05) is 13.8 Å². The van der Waals surface area contributed by atoms with Gasteiger partial charge in [0, 0.05) is 5.69 Å². The van der Waals surface area contributed by atoms with Gasteiger partial charge in [-0.3, -0.25) is 9.78 Å². The molecule has 1 aromatic rings. The van der Waals surface area contributed by atoms with Gasteiger partial charge in [0.05, 0.1) is 5.69 Å². The van der Waals surface area contributed by atoms with E-state index in [4.69, 9.17) is 0 Å². The van der Waals surface area contributed by atoms with Gasteiger partial charge in [0.25, 0.3) is 5.56 Å². The van der Waals surface area contributed by atoms with Crippen LogP contribution in [0.25, 0.3) is 0 Å². The minimum atomic E-state index is -0.0683. The average Bonchev–Trinajstić information content (AvgIpc) is 1.99. The van der Waals surface area contributed by atoms with Crippen molar-refractivity contribution in [2.24, 2.45) is 5.92 Å². The number of aromatic amines is 1. The van der Waals surface area contributed by atoms with Crippen LogP contribution < -0.4 is 5.56 Å². The molecule has 13 heavy (non-hydrogen) atoms. The SMILES string of the molecule is Cc1nc(C)c(=O)[nH]c1CC(C)C. The molecule has 0 saturated heterocycles. The molecule has 0 spiro atoms. The number of aromatic nitrogens is 2. The third-order valence-corrected chi connectivity index (χ3v) is 1.98. The van der Waals surface area contributed by atoms with Crippen molar-refractivity contribution >= 4 is 0 Å². The molecule has 0 atom stereocenters. The van der Waals surface area contributed by atoms with E-state index in [0.29, 0.717) is 11.6 Å². The lowest BCUT2D eigenvalue weighted by molar-refractivity contribution is 0.626. The van der Waals surface area contributed by atoms with Gasteiger partial charge in [-0.15, -0.1) is 0 Å². The van der Waals surface area contributed by atoms with Crippen LogP contribution in [-0.2, 0) is 6.42 Å². The van der Waals surface area contributed by atoms with Gasteiger partial charge in [-0.2, -0.15) is 0 Å². The van der Waals surface area contributed by atoms with Crippen LogP contribution in [0.3, 0.4) is 0 Å². The zero-order valence-electron chi connectivity index (χ0n) is 8.64. The zero-order valence-corrected chi connectivity index (χ0v) is 8.64. The predicted octanol–water partition coefficient (Wildman–Crippen LogP) is 1.59. The summed E-state index contributed by atoms with van der Waals surface area (Å²) in [5.41, 5.74) is 2.38. The van der Waals surface area contributed by atoms with Gasteiger partial charge in [-0.25, -0.2) is 0 Å². The maximum absolute atomic E-state index is 11.3. The molecule has 1 N–H and O–H groups in total. The monoisotopic (exact) mass is 180 g/mol. The largest absolute Gasteiger partial charge is 0.323 e. The van der Waals surface area contributed by atoms with Crippen LogP contribution in [0.4, 0.5) is 0 Å². The molecule has 0 aliphatic heterocycles. The molecule has 1 rings (SSSR count). The molecule has 0 aromatic carbocycles. The van der Waals surface area contributed by atoms with E-state index < -0.39 is 0 Å². The lowest BCUT2D eigenvalue weighted by Crippen LogP contribution is -2.17. The van der Waals surface area contributed by atoms with Crippen LogP contribution >= 0.6 is 0 Å². The predicted molar refractivity (Wildman–Crippen MR) is 52.9 cm³/mol. The maximum Gasteiger partial charge on any atom is 0.269 e. The first-order valence-corrected chi connectivity index (χ1v) is 4.57. The fraction of sp³-hybridized carbons (Fsp3) is 0.600. The van der Waals surface area contributed by atoms with Crippen LogP contribution in [0.2, 0.25) is 0 Å². The second kappa shape index (κ2) is 3.73. The zero-order chi connectivity index (χ0) is 10.0. The molecular weight excluding hydrogens is 164 g/mol. The fourth-order valence-electron chi connectivity index (χ4n) is 1.29. The lowest BCUT2D eigenvalue weighted by Gasteiger charge is -2.07. The Morgan fingerprint density at radius 3 is 2.46 bits per heavy atom. The fourth-order valence-corrected chi connectivity index (χ4v) is 1.29. The van der Waals surface area contributed by atoms with Gasteiger partial charge in [-0.05, 0) is 26.2 Å². The van der Waals surface area contributed by atoms with Crippen LogP contribution in [0.1, 0.15) is 30.9 Å². The minimum Gasteiger partial charge on any atom is -0.323 e. The average molecular weight is 180 g/mol. The van der Waals surface area contributed by atoms with Crippen LogP contribution in [0.15, 0.2) is 4.79 Å². The molecule has 0 aliphatic rings. The van der Waals surface area contributed by atoms with Crippen molar-refractivity contribution in [2.45, 2.75) is 34.1 Å². The third kappa shape index (κ3) is 2.41. The molecule has 0 radical (unpaired) electrons. The topological polar surface area (TPSA) is 45.8 Å². The Morgan fingerprint density at radius 1 is 1.31 bits per heavy atom. The molecule has 0 saturated carbocycles. The van der Waals surface area contributed by atoms with E-state index in [2.05, 4.69) is 23.8 Å². The molecule has 0 amide bonds. The molecule has 3 heteroatoms. The minimum absolute atomic E-state index is 0.0683. The number of hydrogen-bond donors (Lipinski definition) is 1. The van der Waals surface area contributed by atoms with E-state index >= 15 is 0 Å². The first-order chi connectivity index (χ1) is 6.00. The summed E-state index contributed by atoms with van der Waals surface area (Å²) in [4.78, 5) is 18.3. The van der Waals surface area contributed by atoms with E-state index in [1.807, 2.05) is 6.92 Å². The number of hydrogen-bond acceptors (Lipinski definition) is 2. The van der Waals surface area contributed by atoms with Gasteiger partial charge >= 0.3 is 0 Å². The summed E-state index contributed by atoms with van der Waals surface area (Å²) in [5.74, 6) is 0.541. The van der Waals surface area contributed by atoms with E-state index in [1.54, 1.807) is 6.92 Å². The number of rotatable bonds is 2. The highest BCUT2D eigenvalue weighted by molar-refractivity contribution is 5.12. The molecule has 0 bridgehead atoms. The Morgan fingerprint density at radius 2 is 1.92 bits per heavy atom. The normalized spacial score (nSPS) is 10.8. The smallest absolute Gasteiger partial charge is 0.269 e. The Kier molecular flexibility index (Phi) is 2.86. The third-order valence-electron chi connectivity index (χ3n) is 1.98. The molecule has 1 aromatic heterocycles. The highest BCUT2D eigenvalue weighted by Gasteiger charge is 2.05. The number of nitrogens with zero attached hydrogens (tertiary/aromatic N) is 1. The number of aryl methyl sites for hydroxylation is 2. The summed E-state index contributed by atoms with van der Waals surface area (Å²) in [6.07, 6.45) is 0.883. The molecule has 3 nitrogen and oxygen atoms in total. The molecule has 0 unspecified atom stereocenters. The summed E-state index contributed by atoms with van der Waals surface area (Å²) in [5, 5.41) is 0. The van der Waals surface area contributed by atoms with Crippen molar-refractivity contribution < 1.29 is 0 Å². The molecule has 0 fully saturated rings. The highest BCUT2D eigenvalue weighted by atomic mass is 16.1.